The standard InChI is InChI=1S/C4H2NOS2Se/c6-3-2(1-9)8-4(7)5-3/h1H,(H,5,6,7)/b2-1-. The van der Waals surface area contributed by atoms with Crippen molar-refractivity contribution in [3.05, 3.63) is 9.88 Å². The van der Waals surface area contributed by atoms with Gasteiger partial charge in [-0.15, -0.1) is 0 Å². The Morgan fingerprint density at radius 3 is 2.67 bits per heavy atom. The molecule has 0 unspecified atom stereocenters. The Morgan fingerprint density at radius 2 is 2.44 bits per heavy atom. The van der Waals surface area contributed by atoms with E-state index in [2.05, 4.69) is 21.3 Å². The van der Waals surface area contributed by atoms with Gasteiger partial charge in [0.15, 0.2) is 0 Å². The van der Waals surface area contributed by atoms with Crippen molar-refractivity contribution in [3.63, 3.8) is 0 Å². The normalized spacial score (nSPS) is 22.9. The van der Waals surface area contributed by atoms with Gasteiger partial charge in [-0.1, -0.05) is 0 Å². The number of hydrogen-bond acceptors (Lipinski definition) is 3. The molecule has 0 aromatic heterocycles. The predicted molar refractivity (Wildman–Crippen MR) is 42.2 cm³/mol. The summed E-state index contributed by atoms with van der Waals surface area (Å²) in [6, 6.07) is 0. The molecule has 1 aliphatic heterocycles. The second-order valence-corrected chi connectivity index (χ2v) is 3.54. The molecular weight excluding hydrogens is 221 g/mol. The van der Waals surface area contributed by atoms with Gasteiger partial charge in [0, 0.05) is 0 Å². The van der Waals surface area contributed by atoms with Gasteiger partial charge in [-0.05, 0) is 0 Å². The summed E-state index contributed by atoms with van der Waals surface area (Å²) >= 11 is 8.62. The molecule has 1 N–H and O–H groups in total. The maximum atomic E-state index is 10.7. The summed E-state index contributed by atoms with van der Waals surface area (Å²) in [7, 11) is 0. The van der Waals surface area contributed by atoms with Crippen molar-refractivity contribution in [1.82, 2.24) is 5.32 Å². The molecule has 0 aromatic carbocycles. The van der Waals surface area contributed by atoms with Crippen LogP contribution in [0.1, 0.15) is 0 Å². The molecule has 1 radical (unpaired) electrons. The van der Waals surface area contributed by atoms with E-state index >= 15 is 0 Å². The SMILES string of the molecule is O=C1NC(=S)S/C1=C\[Se]. The molecule has 0 spiro atoms. The number of hydrogen-bond donors (Lipinski definition) is 1. The third-order valence-corrected chi connectivity index (χ3v) is 2.74. The first-order chi connectivity index (χ1) is 4.24. The number of rotatable bonds is 0. The molecule has 1 fully saturated rings. The number of carbonyl (C=O) groups is 1. The summed E-state index contributed by atoms with van der Waals surface area (Å²) in [6.45, 7) is 0. The summed E-state index contributed by atoms with van der Waals surface area (Å²) in [4.78, 5) is 13.0. The van der Waals surface area contributed by atoms with Gasteiger partial charge in [0.1, 0.15) is 0 Å². The zero-order valence-electron chi connectivity index (χ0n) is 4.21. The van der Waals surface area contributed by atoms with Crippen LogP contribution < -0.4 is 5.32 Å². The van der Waals surface area contributed by atoms with Crippen LogP contribution in [-0.2, 0) is 4.79 Å². The van der Waals surface area contributed by atoms with Crippen LogP contribution in [0, 0.1) is 0 Å². The molecule has 2 nitrogen and oxygen atoms in total. The summed E-state index contributed by atoms with van der Waals surface area (Å²) in [6.07, 6.45) is 0. The minimum absolute atomic E-state index is 0.108. The van der Waals surface area contributed by atoms with Gasteiger partial charge in [-0.3, -0.25) is 0 Å². The van der Waals surface area contributed by atoms with Crippen LogP contribution in [0.2, 0.25) is 0 Å². The molecule has 1 amide bonds. The zero-order valence-corrected chi connectivity index (χ0v) is 7.56. The molecule has 9 heavy (non-hydrogen) atoms. The molecule has 0 atom stereocenters. The Balaban J connectivity index is 2.81. The summed E-state index contributed by atoms with van der Waals surface area (Å²) < 4.78 is 0.529. The Kier molecular flexibility index (Phi) is 2.29. The first-order valence-electron chi connectivity index (χ1n) is 2.09. The third kappa shape index (κ3) is 1.55. The second-order valence-electron chi connectivity index (χ2n) is 1.33. The van der Waals surface area contributed by atoms with E-state index in [1.165, 1.54) is 11.8 Å². The molecule has 0 saturated carbocycles. The first-order valence-corrected chi connectivity index (χ1v) is 4.30. The van der Waals surface area contributed by atoms with E-state index in [-0.39, 0.29) is 5.91 Å². The van der Waals surface area contributed by atoms with Gasteiger partial charge >= 0.3 is 70.2 Å². The van der Waals surface area contributed by atoms with Gasteiger partial charge in [-0.2, -0.15) is 0 Å². The minimum atomic E-state index is -0.108. The molecule has 1 heterocycles. The molecule has 0 bridgehead atoms. The van der Waals surface area contributed by atoms with Crippen LogP contribution >= 0.6 is 24.0 Å². The summed E-state index contributed by atoms with van der Waals surface area (Å²) in [5.41, 5.74) is 0. The molecular formula is C4H2NOS2Se. The number of thioether (sulfide) groups is 1. The molecule has 0 aromatic rings. The van der Waals surface area contributed by atoms with Gasteiger partial charge in [-0.25, -0.2) is 0 Å². The molecule has 47 valence electrons. The topological polar surface area (TPSA) is 29.1 Å². The van der Waals surface area contributed by atoms with Gasteiger partial charge in [0.25, 0.3) is 0 Å². The van der Waals surface area contributed by atoms with E-state index in [1.54, 1.807) is 4.97 Å². The number of amides is 1. The fourth-order valence-electron chi connectivity index (χ4n) is 0.404. The average Bonchev–Trinajstić information content (AvgIpc) is 2.10. The second kappa shape index (κ2) is 2.84. The average molecular weight is 223 g/mol. The van der Waals surface area contributed by atoms with E-state index in [0.29, 0.717) is 9.23 Å². The first kappa shape index (κ1) is 7.28. The van der Waals surface area contributed by atoms with Gasteiger partial charge in [0.2, 0.25) is 0 Å². The van der Waals surface area contributed by atoms with E-state index in [0.717, 1.165) is 0 Å². The van der Waals surface area contributed by atoms with Crippen molar-refractivity contribution in [2.75, 3.05) is 0 Å². The predicted octanol–water partition coefficient (Wildman–Crippen LogP) is 0.144. The van der Waals surface area contributed by atoms with Crippen LogP contribution in [0.3, 0.4) is 0 Å². The van der Waals surface area contributed by atoms with E-state index in [4.69, 9.17) is 12.2 Å². The van der Waals surface area contributed by atoms with E-state index in [9.17, 15) is 4.79 Å². The summed E-state index contributed by atoms with van der Waals surface area (Å²) in [5, 5.41) is 2.48. The Hall–Kier alpha value is 0.169. The van der Waals surface area contributed by atoms with Crippen LogP contribution in [0.4, 0.5) is 0 Å². The number of carbonyl (C=O) groups excluding carboxylic acids is 1. The number of nitrogens with one attached hydrogen (secondary N) is 1. The van der Waals surface area contributed by atoms with Crippen molar-refractivity contribution in [2.24, 2.45) is 0 Å². The van der Waals surface area contributed by atoms with E-state index < -0.39 is 0 Å². The summed E-state index contributed by atoms with van der Waals surface area (Å²) in [5.74, 6) is -0.108. The Morgan fingerprint density at radius 1 is 1.78 bits per heavy atom. The van der Waals surface area contributed by atoms with Crippen molar-refractivity contribution in [3.8, 4) is 0 Å². The monoisotopic (exact) mass is 224 g/mol. The molecule has 1 saturated heterocycles. The maximum absolute atomic E-state index is 10.7. The molecule has 5 heteroatoms. The molecule has 1 aliphatic rings. The van der Waals surface area contributed by atoms with Crippen molar-refractivity contribution >= 4 is 50.2 Å². The quantitative estimate of drug-likeness (QED) is 0.360. The van der Waals surface area contributed by atoms with Crippen LogP contribution in [0.25, 0.3) is 0 Å². The van der Waals surface area contributed by atoms with E-state index in [1.807, 2.05) is 0 Å². The van der Waals surface area contributed by atoms with Crippen LogP contribution in [0.5, 0.6) is 0 Å². The Bertz CT molecular complexity index is 201. The van der Waals surface area contributed by atoms with Crippen molar-refractivity contribution < 1.29 is 4.79 Å². The fourth-order valence-corrected chi connectivity index (χ4v) is 1.83. The Labute approximate surface area is 70.3 Å². The number of thiocarbonyl (C=S) groups is 1. The van der Waals surface area contributed by atoms with Gasteiger partial charge in [0.05, 0.1) is 0 Å². The fraction of sp³-hybridized carbons (Fsp3) is 0. The van der Waals surface area contributed by atoms with Crippen molar-refractivity contribution in [2.45, 2.75) is 0 Å². The van der Waals surface area contributed by atoms with Crippen molar-refractivity contribution in [1.29, 1.82) is 0 Å². The molecule has 0 aliphatic carbocycles. The van der Waals surface area contributed by atoms with Crippen LogP contribution in [0.15, 0.2) is 9.88 Å². The van der Waals surface area contributed by atoms with Crippen LogP contribution in [-0.4, -0.2) is 26.2 Å². The zero-order chi connectivity index (χ0) is 6.85. The third-order valence-electron chi connectivity index (χ3n) is 0.749. The van der Waals surface area contributed by atoms with Gasteiger partial charge < -0.3 is 0 Å². The molecule has 1 rings (SSSR count).